The number of pyridine rings is 1. The Bertz CT molecular complexity index is 743. The first kappa shape index (κ1) is 6.34. The lowest BCUT2D eigenvalue weighted by Gasteiger charge is -2.09. The Balaban J connectivity index is 2.76. The zero-order valence-corrected chi connectivity index (χ0v) is 10.3. The summed E-state index contributed by atoms with van der Waals surface area (Å²) in [4.78, 5) is 0. The highest BCUT2D eigenvalue weighted by Crippen LogP contribution is 2.23. The van der Waals surface area contributed by atoms with Crippen LogP contribution in [0.3, 0.4) is 0 Å². The van der Waals surface area contributed by atoms with Crippen LogP contribution in [-0.4, -0.2) is 0 Å². The summed E-state index contributed by atoms with van der Waals surface area (Å²) in [6, 6.07) is 8.62. The second kappa shape index (κ2) is 4.33. The van der Waals surface area contributed by atoms with Crippen molar-refractivity contribution in [1.29, 1.82) is 0 Å². The maximum absolute atomic E-state index is 7.69. The molecule has 2 aromatic rings. The van der Waals surface area contributed by atoms with Gasteiger partial charge in [0.15, 0.2) is 5.69 Å². The summed E-state index contributed by atoms with van der Waals surface area (Å²) in [6.45, 7) is -0.837. The van der Waals surface area contributed by atoms with E-state index < -0.39 is 13.7 Å². The molecule has 0 saturated heterocycles. The van der Waals surface area contributed by atoms with Crippen LogP contribution in [0.4, 0.5) is 0 Å². The zero-order valence-electron chi connectivity index (χ0n) is 16.3. The smallest absolute Gasteiger partial charge is 0.199 e. The third-order valence-corrected chi connectivity index (χ3v) is 3.06. The lowest BCUT2D eigenvalue weighted by atomic mass is 9.99. The van der Waals surface area contributed by atoms with E-state index in [0.717, 1.165) is 11.1 Å². The van der Waals surface area contributed by atoms with Crippen LogP contribution < -0.4 is 4.57 Å². The standard InChI is InChI=1S/C16H20N/c1-11-9-13(3)17(5)16(10-11)15-8-6-7-12(2)14(15)4/h6-10H,1-5H3/q+1/i2D3,3D3. The van der Waals surface area contributed by atoms with Crippen molar-refractivity contribution in [2.24, 2.45) is 7.05 Å². The van der Waals surface area contributed by atoms with Gasteiger partial charge in [-0.05, 0) is 43.5 Å². The topological polar surface area (TPSA) is 3.88 Å². The summed E-state index contributed by atoms with van der Waals surface area (Å²) in [5, 5.41) is 0. The molecule has 0 aliphatic carbocycles. The Hall–Kier alpha value is -1.63. The Labute approximate surface area is 112 Å². The molecule has 0 unspecified atom stereocenters. The van der Waals surface area contributed by atoms with Crippen molar-refractivity contribution >= 4 is 0 Å². The van der Waals surface area contributed by atoms with Crippen molar-refractivity contribution in [3.63, 3.8) is 0 Å². The van der Waals surface area contributed by atoms with Crippen molar-refractivity contribution in [2.45, 2.75) is 27.6 Å². The van der Waals surface area contributed by atoms with Gasteiger partial charge in [0.25, 0.3) is 0 Å². The van der Waals surface area contributed by atoms with E-state index in [2.05, 4.69) is 0 Å². The van der Waals surface area contributed by atoms with Gasteiger partial charge in [-0.15, -0.1) is 0 Å². The fraction of sp³-hybridized carbons (Fsp3) is 0.312. The van der Waals surface area contributed by atoms with Gasteiger partial charge in [0, 0.05) is 32.8 Å². The molecule has 17 heavy (non-hydrogen) atoms. The average molecular weight is 232 g/mol. The van der Waals surface area contributed by atoms with Crippen molar-refractivity contribution in [3.8, 4) is 11.3 Å². The van der Waals surface area contributed by atoms with Crippen LogP contribution in [0.2, 0.25) is 0 Å². The predicted octanol–water partition coefficient (Wildman–Crippen LogP) is 3.41. The highest BCUT2D eigenvalue weighted by Gasteiger charge is 2.15. The van der Waals surface area contributed by atoms with E-state index in [1.807, 2.05) is 19.1 Å². The maximum Gasteiger partial charge on any atom is 0.212 e. The van der Waals surface area contributed by atoms with Crippen LogP contribution in [0.25, 0.3) is 11.3 Å². The van der Waals surface area contributed by atoms with Gasteiger partial charge >= 0.3 is 0 Å². The van der Waals surface area contributed by atoms with Crippen LogP contribution >= 0.6 is 0 Å². The maximum atomic E-state index is 7.69. The Kier molecular flexibility index (Phi) is 1.61. The average Bonchev–Trinajstić information content (AvgIpc) is 2.39. The molecule has 0 bridgehead atoms. The van der Waals surface area contributed by atoms with E-state index in [0.29, 0.717) is 11.3 Å². The van der Waals surface area contributed by atoms with E-state index in [4.69, 9.17) is 8.22 Å². The normalized spacial score (nSPS) is 17.4. The first-order valence-corrected chi connectivity index (χ1v) is 5.54. The molecule has 0 aliphatic rings. The quantitative estimate of drug-likeness (QED) is 0.663. The fourth-order valence-electron chi connectivity index (χ4n) is 1.97. The lowest BCUT2D eigenvalue weighted by Crippen LogP contribution is -2.35. The minimum Gasteiger partial charge on any atom is -0.199 e. The summed E-state index contributed by atoms with van der Waals surface area (Å²) >= 11 is 0. The molecule has 88 valence electrons. The Morgan fingerprint density at radius 3 is 2.65 bits per heavy atom. The van der Waals surface area contributed by atoms with Crippen molar-refractivity contribution in [2.75, 3.05) is 0 Å². The van der Waals surface area contributed by atoms with E-state index >= 15 is 0 Å². The number of nitrogens with zero attached hydrogens (tertiary/aromatic N) is 1. The molecule has 0 N–H and O–H groups in total. The third kappa shape index (κ3) is 2.10. The first-order chi connectivity index (χ1) is 10.4. The molecule has 0 aliphatic heterocycles. The van der Waals surface area contributed by atoms with Crippen molar-refractivity contribution in [3.05, 3.63) is 52.7 Å². The minimum atomic E-state index is -2.23. The highest BCUT2D eigenvalue weighted by atomic mass is 14.9. The van der Waals surface area contributed by atoms with Gasteiger partial charge in [0.2, 0.25) is 5.69 Å². The van der Waals surface area contributed by atoms with E-state index in [9.17, 15) is 0 Å². The summed E-state index contributed by atoms with van der Waals surface area (Å²) < 4.78 is 47.6. The van der Waals surface area contributed by atoms with Gasteiger partial charge < -0.3 is 0 Å². The molecule has 1 nitrogen and oxygen atoms in total. The Morgan fingerprint density at radius 1 is 1.12 bits per heavy atom. The summed E-state index contributed by atoms with van der Waals surface area (Å²) in [5.41, 5.74) is 3.40. The summed E-state index contributed by atoms with van der Waals surface area (Å²) in [6.07, 6.45) is 0. The number of hydrogen-bond acceptors (Lipinski definition) is 0. The Morgan fingerprint density at radius 2 is 1.94 bits per heavy atom. The lowest BCUT2D eigenvalue weighted by molar-refractivity contribution is -0.666. The molecule has 0 amide bonds. The van der Waals surface area contributed by atoms with E-state index in [1.54, 1.807) is 36.7 Å². The number of aryl methyl sites for hydroxylation is 3. The number of hydrogen-bond donors (Lipinski definition) is 0. The molecule has 1 heterocycles. The number of aromatic nitrogens is 1. The molecule has 0 saturated carbocycles. The number of rotatable bonds is 1. The van der Waals surface area contributed by atoms with Crippen LogP contribution in [0, 0.1) is 27.6 Å². The van der Waals surface area contributed by atoms with Crippen LogP contribution in [0.5, 0.6) is 0 Å². The van der Waals surface area contributed by atoms with Gasteiger partial charge in [-0.2, -0.15) is 4.57 Å². The first-order valence-electron chi connectivity index (χ1n) is 8.54. The molecular weight excluding hydrogens is 206 g/mol. The van der Waals surface area contributed by atoms with E-state index in [1.165, 1.54) is 0 Å². The number of benzene rings is 1. The summed E-state index contributed by atoms with van der Waals surface area (Å²) in [7, 11) is 1.69. The fourth-order valence-corrected chi connectivity index (χ4v) is 1.97. The predicted molar refractivity (Wildman–Crippen MR) is 72.0 cm³/mol. The molecule has 1 heteroatoms. The molecule has 0 radical (unpaired) electrons. The molecular formula is C16H20N+. The molecule has 0 spiro atoms. The summed E-state index contributed by atoms with van der Waals surface area (Å²) in [5.74, 6) is 0. The zero-order chi connectivity index (χ0) is 17.6. The van der Waals surface area contributed by atoms with Crippen LogP contribution in [0.1, 0.15) is 30.6 Å². The van der Waals surface area contributed by atoms with Crippen LogP contribution in [0.15, 0.2) is 30.3 Å². The van der Waals surface area contributed by atoms with Gasteiger partial charge in [-0.3, -0.25) is 0 Å². The second-order valence-corrected chi connectivity index (χ2v) is 4.34. The van der Waals surface area contributed by atoms with Crippen LogP contribution in [-0.2, 0) is 7.05 Å². The van der Waals surface area contributed by atoms with Gasteiger partial charge in [0.1, 0.15) is 7.05 Å². The van der Waals surface area contributed by atoms with Gasteiger partial charge in [-0.1, -0.05) is 12.1 Å². The highest BCUT2D eigenvalue weighted by molar-refractivity contribution is 5.63. The molecule has 1 aromatic carbocycles. The van der Waals surface area contributed by atoms with Crippen molar-refractivity contribution < 1.29 is 12.8 Å². The molecule has 2 rings (SSSR count). The SMILES string of the molecule is [2H]C([2H])([2H])c1cccc(-c2cc(C)cc(C([2H])([2H])[2H])[n+]2C)c1C. The van der Waals surface area contributed by atoms with Gasteiger partial charge in [-0.25, -0.2) is 0 Å². The largest absolute Gasteiger partial charge is 0.212 e. The molecule has 1 aromatic heterocycles. The van der Waals surface area contributed by atoms with Gasteiger partial charge in [0.05, 0.1) is 0 Å². The second-order valence-electron chi connectivity index (χ2n) is 4.34. The minimum absolute atomic E-state index is 0.228. The third-order valence-electron chi connectivity index (χ3n) is 3.06. The molecule has 0 fully saturated rings. The molecule has 0 atom stereocenters. The van der Waals surface area contributed by atoms with Crippen molar-refractivity contribution in [1.82, 2.24) is 0 Å². The van der Waals surface area contributed by atoms with E-state index in [-0.39, 0.29) is 11.3 Å². The monoisotopic (exact) mass is 232 g/mol.